The van der Waals surface area contributed by atoms with Gasteiger partial charge >= 0.3 is 0 Å². The lowest BCUT2D eigenvalue weighted by Crippen LogP contribution is -2.48. The van der Waals surface area contributed by atoms with Crippen molar-refractivity contribution in [1.82, 2.24) is 0 Å². The third-order valence-corrected chi connectivity index (χ3v) is 9.25. The molecule has 5 heteroatoms. The van der Waals surface area contributed by atoms with Gasteiger partial charge < -0.3 is 0 Å². The molecule has 2 heterocycles. The molecule has 0 saturated carbocycles. The Labute approximate surface area is 194 Å². The van der Waals surface area contributed by atoms with Gasteiger partial charge in [-0.05, 0) is 43.5 Å². The zero-order valence-electron chi connectivity index (χ0n) is 17.5. The summed E-state index contributed by atoms with van der Waals surface area (Å²) in [4.78, 5) is 17.4. The van der Waals surface area contributed by atoms with E-state index in [1.54, 1.807) is 20.7 Å². The van der Waals surface area contributed by atoms with E-state index in [1.807, 2.05) is 53.4 Å². The predicted molar refractivity (Wildman–Crippen MR) is 135 cm³/mol. The molecule has 1 aliphatic rings. The minimum atomic E-state index is -0.506. The van der Waals surface area contributed by atoms with Crippen LogP contribution in [0.5, 0.6) is 0 Å². The molecule has 4 aromatic rings. The molecular weight excluding hydrogens is 438 g/mol. The fourth-order valence-electron chi connectivity index (χ4n) is 4.45. The summed E-state index contributed by atoms with van der Waals surface area (Å²) in [5.41, 5.74) is 6.40. The molecule has 1 aromatic heterocycles. The smallest absolute Gasteiger partial charge is 0.259 e. The summed E-state index contributed by atoms with van der Waals surface area (Å²) in [5.74, 6) is 0.00923. The molecule has 3 aromatic carbocycles. The van der Waals surface area contributed by atoms with Crippen molar-refractivity contribution in [2.24, 2.45) is 0 Å². The van der Waals surface area contributed by atoms with Crippen LogP contribution in [-0.4, -0.2) is 5.91 Å². The molecule has 5 rings (SSSR count). The highest BCUT2D eigenvalue weighted by atomic mass is 32.9. The van der Waals surface area contributed by atoms with E-state index in [0.717, 1.165) is 42.2 Å². The fraction of sp³-hybridized carbons (Fsp3) is 0.154. The number of hydrogen-bond donors (Lipinski definition) is 0. The van der Waals surface area contributed by atoms with Gasteiger partial charge in [0.15, 0.2) is 0 Å². The summed E-state index contributed by atoms with van der Waals surface area (Å²) in [6.45, 7) is 6.33. The van der Waals surface area contributed by atoms with E-state index in [-0.39, 0.29) is 5.91 Å². The van der Waals surface area contributed by atoms with Crippen molar-refractivity contribution >= 4 is 44.5 Å². The summed E-state index contributed by atoms with van der Waals surface area (Å²) >= 11 is 5.70. The van der Waals surface area contributed by atoms with Gasteiger partial charge in [0.1, 0.15) is 3.82 Å². The minimum absolute atomic E-state index is 0.00923. The fourth-order valence-corrected chi connectivity index (χ4v) is 7.73. The lowest BCUT2D eigenvalue weighted by atomic mass is 9.85. The molecule has 0 spiro atoms. The molecule has 1 amide bonds. The second-order valence-corrected chi connectivity index (χ2v) is 11.1. The normalized spacial score (nSPS) is 14.1. The van der Waals surface area contributed by atoms with Crippen LogP contribution in [0.25, 0.3) is 22.3 Å². The topological polar surface area (TPSA) is 20.3 Å². The molecule has 31 heavy (non-hydrogen) atoms. The zero-order chi connectivity index (χ0) is 21.8. The first-order chi connectivity index (χ1) is 14.9. The number of fused-ring (bicyclic) bond motifs is 3. The molecule has 0 atom stereocenters. The van der Waals surface area contributed by atoms with Gasteiger partial charge in [-0.3, -0.25) is 9.69 Å². The maximum absolute atomic E-state index is 14.2. The van der Waals surface area contributed by atoms with E-state index in [4.69, 9.17) is 12.2 Å². The molecule has 0 N–H and O–H groups in total. The Kier molecular flexibility index (Phi) is 4.93. The predicted octanol–water partition coefficient (Wildman–Crippen LogP) is 8.08. The van der Waals surface area contributed by atoms with Gasteiger partial charge in [0.25, 0.3) is 5.91 Å². The Balaban J connectivity index is 1.76. The summed E-state index contributed by atoms with van der Waals surface area (Å²) < 4.78 is 0.900. The summed E-state index contributed by atoms with van der Waals surface area (Å²) in [5, 5.41) is 0. The molecule has 0 saturated heterocycles. The molecule has 0 unspecified atom stereocenters. The Morgan fingerprint density at radius 2 is 1.55 bits per heavy atom. The number of anilines is 1. The first-order valence-corrected chi connectivity index (χ1v) is 12.7. The first-order valence-electron chi connectivity index (χ1n) is 10.1. The number of benzene rings is 3. The minimum Gasteiger partial charge on any atom is -0.297 e. The number of amides is 1. The van der Waals surface area contributed by atoms with Crippen LogP contribution in [0.15, 0.2) is 72.8 Å². The van der Waals surface area contributed by atoms with Crippen molar-refractivity contribution in [2.75, 3.05) is 4.90 Å². The monoisotopic (exact) mass is 459 g/mol. The Hall–Kier alpha value is -2.60. The molecule has 0 bridgehead atoms. The molecule has 0 fully saturated rings. The van der Waals surface area contributed by atoms with Crippen molar-refractivity contribution in [3.8, 4) is 22.3 Å². The Morgan fingerprint density at radius 3 is 2.32 bits per heavy atom. The second kappa shape index (κ2) is 7.52. The van der Waals surface area contributed by atoms with Crippen LogP contribution in [0.4, 0.5) is 5.69 Å². The van der Waals surface area contributed by atoms with Crippen LogP contribution >= 0.6 is 32.9 Å². The standard InChI is InChI=1S/C26H21NOS3/c1-16-10-9-15-20-21-23(30-31-25(21)29)26(2,3)27(22(16)20)24(28)19-14-8-7-13-18(19)17-11-5-4-6-12-17/h4-15H,1-3H3. The van der Waals surface area contributed by atoms with Crippen molar-refractivity contribution in [3.05, 3.63) is 92.6 Å². The molecular formula is C26H21NOS3. The highest BCUT2D eigenvalue weighted by molar-refractivity contribution is 7.80. The maximum atomic E-state index is 14.2. The van der Waals surface area contributed by atoms with Crippen molar-refractivity contribution < 1.29 is 4.79 Å². The number of para-hydroxylation sites is 1. The van der Waals surface area contributed by atoms with Crippen LogP contribution in [0.2, 0.25) is 0 Å². The number of nitrogens with zero attached hydrogens (tertiary/aromatic N) is 1. The Bertz CT molecular complexity index is 1360. The molecule has 1 aliphatic heterocycles. The lowest BCUT2D eigenvalue weighted by molar-refractivity contribution is 0.0962. The molecule has 0 aliphatic carbocycles. The summed E-state index contributed by atoms with van der Waals surface area (Å²) in [6.07, 6.45) is 0. The van der Waals surface area contributed by atoms with E-state index in [0.29, 0.717) is 5.56 Å². The quantitative estimate of drug-likeness (QED) is 0.223. The van der Waals surface area contributed by atoms with Crippen LogP contribution in [0.3, 0.4) is 0 Å². The zero-order valence-corrected chi connectivity index (χ0v) is 20.0. The number of carbonyl (C=O) groups excluding carboxylic acids is 1. The van der Waals surface area contributed by atoms with E-state index in [1.165, 1.54) is 0 Å². The SMILES string of the molecule is Cc1cccc2c1N(C(=O)c1ccccc1-c1ccccc1)C(C)(C)c1ssc(=S)c1-2. The van der Waals surface area contributed by atoms with Crippen molar-refractivity contribution in [2.45, 2.75) is 26.3 Å². The maximum Gasteiger partial charge on any atom is 0.259 e. The summed E-state index contributed by atoms with van der Waals surface area (Å²) in [6, 6.07) is 24.2. The van der Waals surface area contributed by atoms with Crippen molar-refractivity contribution in [3.63, 3.8) is 0 Å². The lowest BCUT2D eigenvalue weighted by Gasteiger charge is -2.44. The van der Waals surface area contributed by atoms with Crippen LogP contribution in [-0.2, 0) is 5.54 Å². The van der Waals surface area contributed by atoms with Crippen molar-refractivity contribution in [1.29, 1.82) is 0 Å². The number of hydrogen-bond acceptors (Lipinski definition) is 4. The van der Waals surface area contributed by atoms with Gasteiger partial charge in [-0.1, -0.05) is 99.6 Å². The molecule has 154 valence electrons. The number of aryl methyl sites for hydroxylation is 1. The van der Waals surface area contributed by atoms with Gasteiger partial charge in [0, 0.05) is 16.7 Å². The van der Waals surface area contributed by atoms with Gasteiger partial charge in [0.05, 0.1) is 16.1 Å². The van der Waals surface area contributed by atoms with E-state index < -0.39 is 5.54 Å². The second-order valence-electron chi connectivity index (χ2n) is 8.24. The largest absolute Gasteiger partial charge is 0.297 e. The molecule has 0 radical (unpaired) electrons. The van der Waals surface area contributed by atoms with Gasteiger partial charge in [-0.25, -0.2) is 0 Å². The third-order valence-electron chi connectivity index (χ3n) is 5.92. The summed E-state index contributed by atoms with van der Waals surface area (Å²) in [7, 11) is 3.31. The van der Waals surface area contributed by atoms with Gasteiger partial charge in [-0.15, -0.1) is 0 Å². The van der Waals surface area contributed by atoms with Crippen LogP contribution < -0.4 is 4.90 Å². The van der Waals surface area contributed by atoms with E-state index >= 15 is 0 Å². The van der Waals surface area contributed by atoms with Crippen LogP contribution in [0.1, 0.15) is 34.6 Å². The highest BCUT2D eigenvalue weighted by Gasteiger charge is 2.44. The van der Waals surface area contributed by atoms with E-state index in [9.17, 15) is 4.79 Å². The average molecular weight is 460 g/mol. The third kappa shape index (κ3) is 3.11. The Morgan fingerprint density at radius 1 is 0.871 bits per heavy atom. The van der Waals surface area contributed by atoms with E-state index in [2.05, 4.69) is 45.0 Å². The molecule has 2 nitrogen and oxygen atoms in total. The average Bonchev–Trinajstić information content (AvgIpc) is 3.18. The van der Waals surface area contributed by atoms with Gasteiger partial charge in [0.2, 0.25) is 0 Å². The number of carbonyl (C=O) groups is 1. The van der Waals surface area contributed by atoms with Crippen LogP contribution in [0, 0.1) is 10.7 Å². The number of rotatable bonds is 2. The first kappa shape index (κ1) is 20.3. The highest BCUT2D eigenvalue weighted by Crippen LogP contribution is 2.53. The van der Waals surface area contributed by atoms with Gasteiger partial charge in [-0.2, -0.15) is 0 Å².